The zero-order valence-electron chi connectivity index (χ0n) is 12.4. The van der Waals surface area contributed by atoms with Crippen LogP contribution in [0.2, 0.25) is 0 Å². The van der Waals surface area contributed by atoms with Gasteiger partial charge in [0.1, 0.15) is 0 Å². The fourth-order valence-electron chi connectivity index (χ4n) is 1.30. The quantitative estimate of drug-likeness (QED) is 0.388. The van der Waals surface area contributed by atoms with Gasteiger partial charge in [0.05, 0.1) is 19.3 Å². The van der Waals surface area contributed by atoms with Gasteiger partial charge in [-0.1, -0.05) is 55.3 Å². The van der Waals surface area contributed by atoms with Crippen molar-refractivity contribution in [1.82, 2.24) is 0 Å². The van der Waals surface area contributed by atoms with Crippen molar-refractivity contribution in [2.75, 3.05) is 5.88 Å². The molecule has 1 heteroatoms. The second-order valence-corrected chi connectivity index (χ2v) is 4.57. The van der Waals surface area contributed by atoms with Gasteiger partial charge in [0.2, 0.25) is 0 Å². The molecule has 0 aliphatic heterocycles. The Morgan fingerprint density at radius 3 is 1.50 bits per heavy atom. The third-order valence-corrected chi connectivity index (χ3v) is 2.64. The zero-order valence-corrected chi connectivity index (χ0v) is 13.2. The van der Waals surface area contributed by atoms with Gasteiger partial charge < -0.3 is 0 Å². The Hall–Kier alpha value is -1.47. The summed E-state index contributed by atoms with van der Waals surface area (Å²) in [6, 6.07) is 0. The second kappa shape index (κ2) is 17.5. The fourth-order valence-corrected chi connectivity index (χ4v) is 1.44. The van der Waals surface area contributed by atoms with E-state index in [0.29, 0.717) is 25.1 Å². The normalized spacial score (nSPS) is 7.90. The number of unbranched alkanes of at least 4 members (excludes halogenated alkanes) is 4. The lowest BCUT2D eigenvalue weighted by Crippen LogP contribution is -1.71. The van der Waals surface area contributed by atoms with Gasteiger partial charge in [-0.15, -0.1) is 23.4 Å². The molecule has 0 heterocycles. The van der Waals surface area contributed by atoms with Crippen LogP contribution in [0, 0.1) is 47.4 Å². The Morgan fingerprint density at radius 2 is 1.05 bits per heavy atom. The summed E-state index contributed by atoms with van der Waals surface area (Å²) in [5.74, 6) is 24.9. The Balaban J connectivity index is 3.55. The first kappa shape index (κ1) is 18.5. The van der Waals surface area contributed by atoms with Gasteiger partial charge in [0.15, 0.2) is 0 Å². The smallest absolute Gasteiger partial charge is 0.0703 e. The standard InChI is InChI=1S/C19H23Cl/c1-2-3-4-5-6-7-8-9-10-11-12-13-14-15-16-17-18-19-20/h2-5,8,11,14,17-19H2,1H3. The number of rotatable bonds is 5. The Labute approximate surface area is 130 Å². The van der Waals surface area contributed by atoms with Crippen molar-refractivity contribution in [3.8, 4) is 47.4 Å². The maximum atomic E-state index is 5.55. The molecule has 0 fully saturated rings. The summed E-state index contributed by atoms with van der Waals surface area (Å²) >= 11 is 5.55. The van der Waals surface area contributed by atoms with E-state index in [2.05, 4.69) is 54.3 Å². The second-order valence-electron chi connectivity index (χ2n) is 4.19. The average molecular weight is 287 g/mol. The van der Waals surface area contributed by atoms with Gasteiger partial charge in [-0.3, -0.25) is 0 Å². The van der Waals surface area contributed by atoms with Crippen LogP contribution < -0.4 is 0 Å². The van der Waals surface area contributed by atoms with Crippen LogP contribution in [-0.4, -0.2) is 5.88 Å². The van der Waals surface area contributed by atoms with E-state index in [1.54, 1.807) is 0 Å². The molecule has 0 rings (SSSR count). The van der Waals surface area contributed by atoms with Gasteiger partial charge in [-0.05, 0) is 12.8 Å². The lowest BCUT2D eigenvalue weighted by molar-refractivity contribution is 0.737. The van der Waals surface area contributed by atoms with Crippen molar-refractivity contribution in [1.29, 1.82) is 0 Å². The van der Waals surface area contributed by atoms with Gasteiger partial charge >= 0.3 is 0 Å². The minimum absolute atomic E-state index is 0.612. The predicted molar refractivity (Wildman–Crippen MR) is 89.1 cm³/mol. The molecule has 0 radical (unpaired) electrons. The largest absolute Gasteiger partial charge is 0.127 e. The molecular weight excluding hydrogens is 264 g/mol. The van der Waals surface area contributed by atoms with E-state index in [4.69, 9.17) is 11.6 Å². The molecule has 0 amide bonds. The van der Waals surface area contributed by atoms with Gasteiger partial charge in [-0.25, -0.2) is 0 Å². The summed E-state index contributed by atoms with van der Waals surface area (Å²) in [5.41, 5.74) is 0. The van der Waals surface area contributed by atoms with Crippen LogP contribution in [0.4, 0.5) is 0 Å². The van der Waals surface area contributed by atoms with E-state index in [0.717, 1.165) is 19.3 Å². The van der Waals surface area contributed by atoms with Crippen molar-refractivity contribution in [2.24, 2.45) is 0 Å². The van der Waals surface area contributed by atoms with Crippen LogP contribution in [-0.2, 0) is 0 Å². The summed E-state index contributed by atoms with van der Waals surface area (Å²) < 4.78 is 0. The monoisotopic (exact) mass is 286 g/mol. The fraction of sp³-hybridized carbons (Fsp3) is 0.579. The molecular formula is C19H23Cl. The lowest BCUT2D eigenvalue weighted by atomic mass is 10.2. The highest BCUT2D eigenvalue weighted by atomic mass is 35.5. The molecule has 0 unspecified atom stereocenters. The van der Waals surface area contributed by atoms with Crippen LogP contribution in [0.1, 0.15) is 64.7 Å². The molecule has 0 saturated heterocycles. The number of hydrogen-bond donors (Lipinski definition) is 0. The molecule has 0 spiro atoms. The van der Waals surface area contributed by atoms with E-state index in [9.17, 15) is 0 Å². The molecule has 20 heavy (non-hydrogen) atoms. The lowest BCUT2D eigenvalue weighted by Gasteiger charge is -1.87. The molecule has 0 aromatic carbocycles. The summed E-state index contributed by atoms with van der Waals surface area (Å²) in [4.78, 5) is 0. The number of hydrogen-bond acceptors (Lipinski definition) is 0. The highest BCUT2D eigenvalue weighted by Crippen LogP contribution is 1.96. The van der Waals surface area contributed by atoms with Gasteiger partial charge in [0.25, 0.3) is 0 Å². The molecule has 106 valence electrons. The summed E-state index contributed by atoms with van der Waals surface area (Å²) in [7, 11) is 0. The molecule has 0 aliphatic carbocycles. The molecule has 0 bridgehead atoms. The zero-order chi connectivity index (χ0) is 14.7. The van der Waals surface area contributed by atoms with Crippen LogP contribution in [0.3, 0.4) is 0 Å². The summed E-state index contributed by atoms with van der Waals surface area (Å²) in [5, 5.41) is 0. The van der Waals surface area contributed by atoms with Crippen molar-refractivity contribution in [3.63, 3.8) is 0 Å². The maximum Gasteiger partial charge on any atom is 0.0703 e. The van der Waals surface area contributed by atoms with Crippen molar-refractivity contribution in [2.45, 2.75) is 64.7 Å². The maximum absolute atomic E-state index is 5.55. The highest BCUT2D eigenvalue weighted by Gasteiger charge is 1.79. The minimum atomic E-state index is 0.612. The Bertz CT molecular complexity index is 457. The molecule has 0 saturated carbocycles. The first-order valence-corrected chi connectivity index (χ1v) is 7.84. The van der Waals surface area contributed by atoms with Crippen molar-refractivity contribution < 1.29 is 0 Å². The van der Waals surface area contributed by atoms with Gasteiger partial charge in [-0.2, -0.15) is 0 Å². The summed E-state index contributed by atoms with van der Waals surface area (Å²) in [6.45, 7) is 2.20. The van der Waals surface area contributed by atoms with E-state index >= 15 is 0 Å². The van der Waals surface area contributed by atoms with Crippen molar-refractivity contribution in [3.05, 3.63) is 0 Å². The first-order chi connectivity index (χ1) is 9.91. The highest BCUT2D eigenvalue weighted by molar-refractivity contribution is 6.17. The summed E-state index contributed by atoms with van der Waals surface area (Å²) in [6.07, 6.45) is 8.43. The molecule has 0 N–H and O–H groups in total. The molecule has 0 aromatic rings. The number of alkyl halides is 1. The van der Waals surface area contributed by atoms with Crippen LogP contribution in [0.25, 0.3) is 0 Å². The topological polar surface area (TPSA) is 0 Å². The Morgan fingerprint density at radius 1 is 0.600 bits per heavy atom. The SMILES string of the molecule is CCCCCC#CCC#CCC#CCC#CCCCCl. The molecule has 0 nitrogen and oxygen atoms in total. The average Bonchev–Trinajstić information content (AvgIpc) is 2.47. The van der Waals surface area contributed by atoms with E-state index < -0.39 is 0 Å². The van der Waals surface area contributed by atoms with Crippen molar-refractivity contribution >= 4 is 11.6 Å². The third kappa shape index (κ3) is 16.5. The number of halogens is 1. The molecule has 0 aliphatic rings. The third-order valence-electron chi connectivity index (χ3n) is 2.37. The van der Waals surface area contributed by atoms with Gasteiger partial charge in [0, 0.05) is 18.7 Å². The van der Waals surface area contributed by atoms with E-state index in [1.807, 2.05) is 0 Å². The molecule has 0 atom stereocenters. The predicted octanol–water partition coefficient (Wildman–Crippen LogP) is 4.77. The molecule has 0 aromatic heterocycles. The van der Waals surface area contributed by atoms with E-state index in [-0.39, 0.29) is 0 Å². The first-order valence-electron chi connectivity index (χ1n) is 7.30. The van der Waals surface area contributed by atoms with E-state index in [1.165, 1.54) is 19.3 Å². The Kier molecular flexibility index (Phi) is 16.2. The minimum Gasteiger partial charge on any atom is -0.127 e. The van der Waals surface area contributed by atoms with Crippen LogP contribution in [0.15, 0.2) is 0 Å². The van der Waals surface area contributed by atoms with Crippen LogP contribution >= 0.6 is 11.6 Å². The van der Waals surface area contributed by atoms with Crippen LogP contribution in [0.5, 0.6) is 0 Å².